The van der Waals surface area contributed by atoms with Crippen LogP contribution in [0.5, 0.6) is 0 Å². The first-order valence-electron chi connectivity index (χ1n) is 13.6. The van der Waals surface area contributed by atoms with Gasteiger partial charge in [-0.25, -0.2) is 0 Å². The van der Waals surface area contributed by atoms with Crippen LogP contribution in [0.3, 0.4) is 0 Å². The summed E-state index contributed by atoms with van der Waals surface area (Å²) < 4.78 is 0. The van der Waals surface area contributed by atoms with Gasteiger partial charge in [0.2, 0.25) is 0 Å². The second-order valence-electron chi connectivity index (χ2n) is 10.9. The van der Waals surface area contributed by atoms with E-state index in [9.17, 15) is 0 Å². The van der Waals surface area contributed by atoms with E-state index in [1.54, 1.807) is 0 Å². The normalized spacial score (nSPS) is 18.7. The van der Waals surface area contributed by atoms with Crippen molar-refractivity contribution in [3.05, 3.63) is 0 Å². The largest absolute Gasteiger partial charge is 0.356 e. The van der Waals surface area contributed by atoms with E-state index in [1.807, 2.05) is 47.9 Å². The van der Waals surface area contributed by atoms with Crippen molar-refractivity contribution in [3.8, 4) is 0 Å². The zero-order valence-corrected chi connectivity index (χ0v) is 25.5. The standard InChI is InChI=1S/2C8H15N.C7H14N2.3C2H6/c1-8(2,3)7-4-5-9-6-7;1-8(2,3)7-5-4-6-9-7;1-7(2,3)9-5-4-8-6-9;3*1-2/h5,7H,4,6H2,1-3H3;4-6H2,1-3H3;6H,4-5H2,1-3H3;3*1-2H3. The predicted molar refractivity (Wildman–Crippen MR) is 156 cm³/mol. The van der Waals surface area contributed by atoms with E-state index < -0.39 is 0 Å². The maximum Gasteiger partial charge on any atom is 0.0855 e. The molecule has 0 radical (unpaired) electrons. The molecule has 3 aliphatic heterocycles. The molecular formula is C29H62N4. The maximum atomic E-state index is 4.42. The molecule has 4 heteroatoms. The Morgan fingerprint density at radius 1 is 0.788 bits per heavy atom. The highest BCUT2D eigenvalue weighted by atomic mass is 15.2. The second kappa shape index (κ2) is 19.2. The van der Waals surface area contributed by atoms with Crippen molar-refractivity contribution in [1.29, 1.82) is 0 Å². The fourth-order valence-corrected chi connectivity index (χ4v) is 3.15. The molecule has 1 atom stereocenters. The van der Waals surface area contributed by atoms with E-state index in [0.29, 0.717) is 10.8 Å². The van der Waals surface area contributed by atoms with Crippen molar-refractivity contribution in [2.75, 3.05) is 26.2 Å². The molecule has 3 heterocycles. The van der Waals surface area contributed by atoms with Crippen molar-refractivity contribution >= 4 is 18.3 Å². The molecule has 3 aliphatic rings. The summed E-state index contributed by atoms with van der Waals surface area (Å²) in [5, 5.41) is 0. The van der Waals surface area contributed by atoms with Crippen LogP contribution in [0, 0.1) is 16.7 Å². The summed E-state index contributed by atoms with van der Waals surface area (Å²) in [6, 6.07) is 0. The van der Waals surface area contributed by atoms with Gasteiger partial charge in [-0.1, -0.05) is 83.1 Å². The summed E-state index contributed by atoms with van der Waals surface area (Å²) in [7, 11) is 0. The predicted octanol–water partition coefficient (Wildman–Crippen LogP) is 8.60. The third kappa shape index (κ3) is 17.9. The Balaban J connectivity index is -0.000000367. The van der Waals surface area contributed by atoms with Crippen LogP contribution in [0.1, 0.15) is 123 Å². The summed E-state index contributed by atoms with van der Waals surface area (Å²) in [5.41, 5.74) is 2.45. The molecule has 1 unspecified atom stereocenters. The lowest BCUT2D eigenvalue weighted by Crippen LogP contribution is -2.38. The van der Waals surface area contributed by atoms with Crippen LogP contribution >= 0.6 is 0 Å². The summed E-state index contributed by atoms with van der Waals surface area (Å²) in [6.45, 7) is 36.3. The Hall–Kier alpha value is -1.19. The number of hydrogen-bond acceptors (Lipinski definition) is 4. The molecule has 0 aromatic carbocycles. The van der Waals surface area contributed by atoms with Gasteiger partial charge in [-0.2, -0.15) is 0 Å². The maximum absolute atomic E-state index is 4.42. The molecule has 0 aliphatic carbocycles. The fourth-order valence-electron chi connectivity index (χ4n) is 3.15. The first-order chi connectivity index (χ1) is 15.3. The zero-order chi connectivity index (χ0) is 26.7. The van der Waals surface area contributed by atoms with E-state index in [4.69, 9.17) is 0 Å². The third-order valence-electron chi connectivity index (χ3n) is 5.36. The number of aliphatic imine (C=N–C) groups is 3. The van der Waals surface area contributed by atoms with Crippen LogP contribution < -0.4 is 0 Å². The molecule has 0 saturated heterocycles. The van der Waals surface area contributed by atoms with Gasteiger partial charge in [0.25, 0.3) is 0 Å². The first kappa shape index (κ1) is 36.4. The van der Waals surface area contributed by atoms with Gasteiger partial charge < -0.3 is 4.90 Å². The Kier molecular flexibility index (Phi) is 21.1. The van der Waals surface area contributed by atoms with Crippen LogP contribution in [-0.4, -0.2) is 54.9 Å². The monoisotopic (exact) mass is 466 g/mol. The summed E-state index contributed by atoms with van der Waals surface area (Å²) in [6.07, 6.45) is 7.68. The van der Waals surface area contributed by atoms with Crippen molar-refractivity contribution < 1.29 is 0 Å². The van der Waals surface area contributed by atoms with Gasteiger partial charge >= 0.3 is 0 Å². The lowest BCUT2D eigenvalue weighted by molar-refractivity contribution is 0.264. The minimum absolute atomic E-state index is 0.264. The molecule has 33 heavy (non-hydrogen) atoms. The molecule has 0 saturated carbocycles. The zero-order valence-electron chi connectivity index (χ0n) is 25.5. The van der Waals surface area contributed by atoms with Crippen molar-refractivity contribution in [3.63, 3.8) is 0 Å². The first-order valence-corrected chi connectivity index (χ1v) is 13.6. The highest BCUT2D eigenvalue weighted by molar-refractivity contribution is 5.90. The van der Waals surface area contributed by atoms with Crippen LogP contribution in [-0.2, 0) is 0 Å². The molecule has 198 valence electrons. The highest BCUT2D eigenvalue weighted by Crippen LogP contribution is 2.30. The van der Waals surface area contributed by atoms with Crippen molar-refractivity contribution in [2.45, 2.75) is 129 Å². The average Bonchev–Trinajstić information content (AvgIpc) is 3.55. The molecule has 0 N–H and O–H groups in total. The van der Waals surface area contributed by atoms with E-state index in [0.717, 1.165) is 32.1 Å². The van der Waals surface area contributed by atoms with Crippen molar-refractivity contribution in [1.82, 2.24) is 4.90 Å². The molecule has 0 amide bonds. The van der Waals surface area contributed by atoms with Gasteiger partial charge in [-0.15, -0.1) is 0 Å². The van der Waals surface area contributed by atoms with E-state index in [2.05, 4.69) is 88.4 Å². The Morgan fingerprint density at radius 3 is 1.52 bits per heavy atom. The van der Waals surface area contributed by atoms with Gasteiger partial charge in [0.1, 0.15) is 0 Å². The molecule has 0 fully saturated rings. The molecule has 0 bridgehead atoms. The second-order valence-corrected chi connectivity index (χ2v) is 10.9. The molecular weight excluding hydrogens is 404 g/mol. The minimum Gasteiger partial charge on any atom is -0.356 e. The molecule has 3 rings (SSSR count). The highest BCUT2D eigenvalue weighted by Gasteiger charge is 2.25. The molecule has 4 nitrogen and oxygen atoms in total. The van der Waals surface area contributed by atoms with Gasteiger partial charge in [-0.3, -0.25) is 15.0 Å². The summed E-state index contributed by atoms with van der Waals surface area (Å²) in [5.74, 6) is 0.789. The summed E-state index contributed by atoms with van der Waals surface area (Å²) >= 11 is 0. The number of hydrogen-bond donors (Lipinski definition) is 0. The summed E-state index contributed by atoms with van der Waals surface area (Å²) in [4.78, 5) is 15.0. The molecule has 0 aromatic rings. The van der Waals surface area contributed by atoms with Gasteiger partial charge in [-0.05, 0) is 63.0 Å². The smallest absolute Gasteiger partial charge is 0.0855 e. The number of rotatable bonds is 0. The lowest BCUT2D eigenvalue weighted by atomic mass is 9.80. The van der Waals surface area contributed by atoms with Gasteiger partial charge in [0, 0.05) is 30.9 Å². The van der Waals surface area contributed by atoms with Crippen LogP contribution in [0.4, 0.5) is 0 Å². The molecule has 0 spiro atoms. The quantitative estimate of drug-likeness (QED) is 0.352. The van der Waals surface area contributed by atoms with Crippen LogP contribution in [0.2, 0.25) is 0 Å². The van der Waals surface area contributed by atoms with Crippen LogP contribution in [0.25, 0.3) is 0 Å². The third-order valence-corrected chi connectivity index (χ3v) is 5.36. The van der Waals surface area contributed by atoms with E-state index in [1.165, 1.54) is 25.0 Å². The van der Waals surface area contributed by atoms with Gasteiger partial charge in [0.05, 0.1) is 12.9 Å². The minimum atomic E-state index is 0.264. The Labute approximate surface area is 209 Å². The average molecular weight is 467 g/mol. The van der Waals surface area contributed by atoms with E-state index >= 15 is 0 Å². The fraction of sp³-hybridized carbons (Fsp3) is 0.897. The molecule has 0 aromatic heterocycles. The number of nitrogens with zero attached hydrogens (tertiary/aromatic N) is 4. The SMILES string of the molecule is CC.CC.CC.CC(C)(C)C1=NCCC1.CC(C)(C)C1CC=NC1.CC(C)(C)N1C=NCC1. The lowest BCUT2D eigenvalue weighted by Gasteiger charge is -2.30. The van der Waals surface area contributed by atoms with Gasteiger partial charge in [0.15, 0.2) is 0 Å². The Morgan fingerprint density at radius 2 is 1.33 bits per heavy atom. The van der Waals surface area contributed by atoms with E-state index in [-0.39, 0.29) is 5.54 Å². The van der Waals surface area contributed by atoms with Crippen molar-refractivity contribution in [2.24, 2.45) is 31.7 Å². The topological polar surface area (TPSA) is 40.3 Å². The Bertz CT molecular complexity index is 517. The van der Waals surface area contributed by atoms with Crippen LogP contribution in [0.15, 0.2) is 15.0 Å².